The second-order valence-corrected chi connectivity index (χ2v) is 8.90. The van der Waals surface area contributed by atoms with E-state index in [0.29, 0.717) is 0 Å². The molecule has 6 nitrogen and oxygen atoms in total. The van der Waals surface area contributed by atoms with Crippen LogP contribution in [0.2, 0.25) is 0 Å². The van der Waals surface area contributed by atoms with E-state index in [1.165, 1.54) is 74.7 Å². The highest BCUT2D eigenvalue weighted by Crippen LogP contribution is 2.11. The Kier molecular flexibility index (Phi) is 11.6. The van der Waals surface area contributed by atoms with E-state index < -0.39 is 10.1 Å². The molecule has 0 aliphatic heterocycles. The van der Waals surface area contributed by atoms with Crippen LogP contribution in [0.4, 0.5) is 0 Å². The minimum absolute atomic E-state index is 0.178. The summed E-state index contributed by atoms with van der Waals surface area (Å²) in [6, 6.07) is 5.78. The quantitative estimate of drug-likeness (QED) is 0.249. The molecule has 0 saturated carbocycles. The molecule has 0 unspecified atom stereocenters. The first-order valence-corrected chi connectivity index (χ1v) is 11.9. The van der Waals surface area contributed by atoms with Crippen molar-refractivity contribution in [1.29, 1.82) is 0 Å². The first-order chi connectivity index (χ1) is 13.8. The molecule has 1 heterocycles. The highest BCUT2D eigenvalue weighted by Gasteiger charge is 2.12. The molecule has 7 heteroatoms. The minimum Gasteiger partial charge on any atom is -0.744 e. The summed E-state index contributed by atoms with van der Waals surface area (Å²) in [5, 5.41) is 9.55. The van der Waals surface area contributed by atoms with Crippen LogP contribution in [-0.2, 0) is 23.6 Å². The predicted octanol–water partition coefficient (Wildman–Crippen LogP) is 4.52. The van der Waals surface area contributed by atoms with Gasteiger partial charge >= 0.3 is 0 Å². The van der Waals surface area contributed by atoms with Crippen LogP contribution < -0.4 is 4.57 Å². The number of hydrogen-bond acceptors (Lipinski definition) is 4. The van der Waals surface area contributed by atoms with Crippen LogP contribution >= 0.6 is 0 Å². The van der Waals surface area contributed by atoms with Gasteiger partial charge in [0.2, 0.25) is 0 Å². The summed E-state index contributed by atoms with van der Waals surface area (Å²) in [6.07, 6.45) is 16.6. The first-order valence-electron chi connectivity index (χ1n) is 10.5. The SMILES string of the molecule is CCCCCCCCCCCc1n(O)cc[n+]1C.Cc1ccc(S(=O)(=O)[O-])cc1. The lowest BCUT2D eigenvalue weighted by atomic mass is 10.1. The van der Waals surface area contributed by atoms with E-state index in [9.17, 15) is 18.2 Å². The van der Waals surface area contributed by atoms with Gasteiger partial charge in [-0.1, -0.05) is 80.7 Å². The maximum absolute atomic E-state index is 10.4. The first kappa shape index (κ1) is 25.2. The molecular formula is C22H36N2O4S. The number of imidazole rings is 1. The second kappa shape index (κ2) is 13.4. The highest BCUT2D eigenvalue weighted by molar-refractivity contribution is 7.85. The van der Waals surface area contributed by atoms with Crippen LogP contribution in [0.25, 0.3) is 0 Å². The third kappa shape index (κ3) is 10.5. The van der Waals surface area contributed by atoms with E-state index in [-0.39, 0.29) is 4.90 Å². The number of rotatable bonds is 11. The van der Waals surface area contributed by atoms with E-state index in [4.69, 9.17) is 0 Å². The fourth-order valence-electron chi connectivity index (χ4n) is 3.09. The van der Waals surface area contributed by atoms with Gasteiger partial charge in [0, 0.05) is 0 Å². The lowest BCUT2D eigenvalue weighted by Gasteiger charge is -2.05. The van der Waals surface area contributed by atoms with Gasteiger partial charge in [0.25, 0.3) is 5.82 Å². The molecule has 0 spiro atoms. The van der Waals surface area contributed by atoms with Gasteiger partial charge in [0.1, 0.15) is 16.3 Å². The molecule has 29 heavy (non-hydrogen) atoms. The van der Waals surface area contributed by atoms with E-state index in [1.807, 2.05) is 24.7 Å². The number of unbranched alkanes of at least 4 members (excludes halogenated alkanes) is 8. The van der Waals surface area contributed by atoms with Gasteiger partial charge in [-0.3, -0.25) is 0 Å². The molecule has 2 rings (SSSR count). The summed E-state index contributed by atoms with van der Waals surface area (Å²) in [6.45, 7) is 4.08. The van der Waals surface area contributed by atoms with Crippen molar-refractivity contribution in [2.45, 2.75) is 83.0 Å². The van der Waals surface area contributed by atoms with E-state index in [0.717, 1.165) is 17.8 Å². The third-order valence-electron chi connectivity index (χ3n) is 4.92. The summed E-state index contributed by atoms with van der Waals surface area (Å²) < 4.78 is 34.4. The average molecular weight is 425 g/mol. The Morgan fingerprint density at radius 1 is 0.966 bits per heavy atom. The fraction of sp³-hybridized carbons (Fsp3) is 0.591. The summed E-state index contributed by atoms with van der Waals surface area (Å²) in [4.78, 5) is -0.178. The van der Waals surface area contributed by atoms with Crippen LogP contribution in [0.1, 0.15) is 76.1 Å². The molecule has 0 radical (unpaired) electrons. The molecule has 0 fully saturated rings. The molecule has 0 bridgehead atoms. The fourth-order valence-corrected chi connectivity index (χ4v) is 3.56. The zero-order valence-electron chi connectivity index (χ0n) is 18.0. The Morgan fingerprint density at radius 2 is 1.48 bits per heavy atom. The Morgan fingerprint density at radius 3 is 1.93 bits per heavy atom. The van der Waals surface area contributed by atoms with Crippen molar-refractivity contribution in [2.75, 3.05) is 0 Å². The number of benzene rings is 1. The van der Waals surface area contributed by atoms with Gasteiger partial charge in [-0.25, -0.2) is 13.0 Å². The Hall–Kier alpha value is -1.86. The molecule has 0 aliphatic carbocycles. The summed E-state index contributed by atoms with van der Waals surface area (Å²) in [5.41, 5.74) is 0.928. The largest absolute Gasteiger partial charge is 0.744 e. The molecule has 1 aromatic carbocycles. The summed E-state index contributed by atoms with van der Waals surface area (Å²) >= 11 is 0. The van der Waals surface area contributed by atoms with Crippen molar-refractivity contribution in [3.63, 3.8) is 0 Å². The Bertz CT molecular complexity index is 779. The van der Waals surface area contributed by atoms with Crippen molar-refractivity contribution in [2.24, 2.45) is 7.05 Å². The van der Waals surface area contributed by atoms with Crippen molar-refractivity contribution in [1.82, 2.24) is 4.73 Å². The molecule has 0 amide bonds. The van der Waals surface area contributed by atoms with Gasteiger partial charge < -0.3 is 9.76 Å². The molecule has 0 atom stereocenters. The van der Waals surface area contributed by atoms with E-state index in [1.54, 1.807) is 18.3 Å². The molecule has 0 aliphatic rings. The van der Waals surface area contributed by atoms with Crippen molar-refractivity contribution in [3.8, 4) is 0 Å². The molecule has 0 saturated heterocycles. The van der Waals surface area contributed by atoms with Crippen molar-refractivity contribution >= 4 is 10.1 Å². The van der Waals surface area contributed by atoms with Crippen LogP contribution in [0.15, 0.2) is 41.6 Å². The van der Waals surface area contributed by atoms with Gasteiger partial charge in [0.05, 0.1) is 18.4 Å². The van der Waals surface area contributed by atoms with Gasteiger partial charge in [-0.2, -0.15) is 0 Å². The molecule has 2 aromatic rings. The number of aryl methyl sites for hydroxylation is 2. The molecule has 1 N–H and O–H groups in total. The smallest absolute Gasteiger partial charge is 0.296 e. The number of hydrogen-bond donors (Lipinski definition) is 1. The van der Waals surface area contributed by atoms with Crippen LogP contribution in [-0.4, -0.2) is 22.9 Å². The topological polar surface area (TPSA) is 86.2 Å². The highest BCUT2D eigenvalue weighted by atomic mass is 32.2. The van der Waals surface area contributed by atoms with Crippen molar-refractivity contribution < 1.29 is 22.7 Å². The third-order valence-corrected chi connectivity index (χ3v) is 5.77. The lowest BCUT2D eigenvalue weighted by Crippen LogP contribution is -2.31. The van der Waals surface area contributed by atoms with Crippen LogP contribution in [0.3, 0.4) is 0 Å². The maximum Gasteiger partial charge on any atom is 0.296 e. The zero-order chi connectivity index (χ0) is 21.7. The van der Waals surface area contributed by atoms with Gasteiger partial charge in [-0.05, 0) is 25.5 Å². The van der Waals surface area contributed by atoms with Gasteiger partial charge in [-0.15, -0.1) is 0 Å². The zero-order valence-corrected chi connectivity index (χ0v) is 18.8. The second-order valence-electron chi connectivity index (χ2n) is 7.52. The van der Waals surface area contributed by atoms with Crippen LogP contribution in [0, 0.1) is 6.92 Å². The standard InChI is InChI=1S/C15H29N2O.C7H8O3S/c1-3-4-5-6-7-8-9-10-11-12-15-16(2)13-14-17(15)18;1-6-2-4-7(5-3-6)11(8,9)10/h13-14,18H,3-12H2,1-2H3;2-5H,1H3,(H,8,9,10)/q+1;/p-1. The summed E-state index contributed by atoms with van der Waals surface area (Å²) in [5.74, 6) is 0.998. The molecule has 1 aromatic heterocycles. The van der Waals surface area contributed by atoms with Crippen molar-refractivity contribution in [3.05, 3.63) is 48.0 Å². The summed E-state index contributed by atoms with van der Waals surface area (Å²) in [7, 11) is -2.29. The van der Waals surface area contributed by atoms with Gasteiger partial charge in [0.15, 0.2) is 6.20 Å². The number of aromatic nitrogens is 2. The normalized spacial score (nSPS) is 11.2. The molecular weight excluding hydrogens is 388 g/mol. The monoisotopic (exact) mass is 424 g/mol. The predicted molar refractivity (Wildman–Crippen MR) is 113 cm³/mol. The van der Waals surface area contributed by atoms with Crippen LogP contribution in [0.5, 0.6) is 0 Å². The molecule has 164 valence electrons. The maximum atomic E-state index is 10.4. The van der Waals surface area contributed by atoms with E-state index >= 15 is 0 Å². The lowest BCUT2D eigenvalue weighted by molar-refractivity contribution is -0.680. The van der Waals surface area contributed by atoms with E-state index in [2.05, 4.69) is 6.92 Å². The Balaban J connectivity index is 0.000000326. The number of nitrogens with zero attached hydrogens (tertiary/aromatic N) is 2. The average Bonchev–Trinajstić information content (AvgIpc) is 2.99. The Labute approximate surface area is 175 Å². The minimum atomic E-state index is -4.27.